The number of fused-ring (bicyclic) bond motifs is 18. The number of carbonyl (C=O) groups is 4. The van der Waals surface area contributed by atoms with Gasteiger partial charge in [-0.2, -0.15) is 0 Å². The number of aromatic nitrogens is 4. The Bertz CT molecular complexity index is 1760. The molecule has 0 radical (unpaired) electrons. The lowest BCUT2D eigenvalue weighted by atomic mass is 10.0. The van der Waals surface area contributed by atoms with E-state index in [1.807, 2.05) is 37.6 Å². The summed E-state index contributed by atoms with van der Waals surface area (Å²) in [6.07, 6.45) is 1.88. The van der Waals surface area contributed by atoms with Crippen LogP contribution >= 0.6 is 22.9 Å². The van der Waals surface area contributed by atoms with Crippen LogP contribution in [0.2, 0.25) is 5.02 Å². The van der Waals surface area contributed by atoms with Gasteiger partial charge in [0.25, 0.3) is 11.8 Å². The number of aliphatic hydroxyl groups is 1. The summed E-state index contributed by atoms with van der Waals surface area (Å²) in [6.45, 7) is 6.67. The first-order valence-electron chi connectivity index (χ1n) is 16.2. The number of halogens is 1. The molecule has 5 N–H and O–H groups in total. The van der Waals surface area contributed by atoms with Gasteiger partial charge in [0.1, 0.15) is 23.5 Å². The van der Waals surface area contributed by atoms with Gasteiger partial charge in [0.2, 0.25) is 11.8 Å². The predicted molar refractivity (Wildman–Crippen MR) is 185 cm³/mol. The molecule has 2 aliphatic rings. The summed E-state index contributed by atoms with van der Waals surface area (Å²) in [5.74, 6) is -1.63. The number of benzene rings is 1. The molecule has 0 aliphatic carbocycles. The van der Waals surface area contributed by atoms with Crippen molar-refractivity contribution in [3.8, 4) is 5.75 Å². The van der Waals surface area contributed by atoms with E-state index in [1.54, 1.807) is 15.6 Å². The summed E-state index contributed by atoms with van der Waals surface area (Å²) in [7, 11) is 0. The number of H-pyrrole nitrogens is 1. The number of aryl methyl sites for hydroxylation is 1. The van der Waals surface area contributed by atoms with Crippen LogP contribution in [0.15, 0.2) is 41.9 Å². The van der Waals surface area contributed by atoms with Crippen LogP contribution in [0.25, 0.3) is 10.2 Å². The Morgan fingerprint density at radius 1 is 1.10 bits per heavy atom. The topological polar surface area (TPSA) is 184 Å². The van der Waals surface area contributed by atoms with Crippen LogP contribution in [0.1, 0.15) is 60.2 Å². The van der Waals surface area contributed by atoms with Crippen molar-refractivity contribution in [2.75, 3.05) is 26.2 Å². The fourth-order valence-corrected chi connectivity index (χ4v) is 6.48. The summed E-state index contributed by atoms with van der Waals surface area (Å²) in [5.41, 5.74) is 2.18. The molecule has 0 unspecified atom stereocenters. The molecule has 0 spiro atoms. The molecule has 0 fully saturated rings. The maximum atomic E-state index is 13.7. The quantitative estimate of drug-likeness (QED) is 0.200. The van der Waals surface area contributed by atoms with E-state index in [4.69, 9.17) is 16.3 Å². The minimum atomic E-state index is -1.35. The fourth-order valence-electron chi connectivity index (χ4n) is 5.46. The second kappa shape index (κ2) is 16.3. The van der Waals surface area contributed by atoms with Gasteiger partial charge in [0.15, 0.2) is 0 Å². The molecule has 3 aromatic heterocycles. The van der Waals surface area contributed by atoms with Crippen molar-refractivity contribution >= 4 is 56.8 Å². The number of hydrogen-bond acceptors (Lipinski definition) is 9. The van der Waals surface area contributed by atoms with Crippen LogP contribution in [0, 0.1) is 5.92 Å². The second-order valence-corrected chi connectivity index (χ2v) is 13.8. The zero-order valence-electron chi connectivity index (χ0n) is 27.6. The van der Waals surface area contributed by atoms with Gasteiger partial charge in [-0.15, -0.1) is 16.4 Å². The standard InChI is InChI=1S/C33H41ClN8O6S/c1-19(2)15-25-31(45)35-9-12-41(33(47)26-17-28-24(36-26)8-14-49-28)11-7-22-18-42(40-39-22)10-4-13-48-27-6-5-21(16-23(27)34)30(44)38-29(20(3)43)32(46)37-25/h5-6,8,14,16-20,25,29,36,43H,4,7,9-13,15H2,1-3H3,(H,35,45)(H,37,46)(H,38,44)/t20-,25-,29+/m1/s1. The van der Waals surface area contributed by atoms with E-state index in [1.165, 1.54) is 30.4 Å². The number of ether oxygens (including phenoxy) is 1. The van der Waals surface area contributed by atoms with E-state index in [-0.39, 0.29) is 35.5 Å². The third-order valence-corrected chi connectivity index (χ3v) is 9.20. The summed E-state index contributed by atoms with van der Waals surface area (Å²) in [6, 6.07) is 5.92. The van der Waals surface area contributed by atoms with Gasteiger partial charge in [-0.05, 0) is 55.0 Å². The van der Waals surface area contributed by atoms with Gasteiger partial charge in [0.05, 0.1) is 33.6 Å². The second-order valence-electron chi connectivity index (χ2n) is 12.4. The zero-order valence-corrected chi connectivity index (χ0v) is 29.1. The molecular formula is C33H41ClN8O6S. The summed E-state index contributed by atoms with van der Waals surface area (Å²) >= 11 is 7.94. The highest BCUT2D eigenvalue weighted by Gasteiger charge is 2.31. The van der Waals surface area contributed by atoms with Gasteiger partial charge in [-0.25, -0.2) is 0 Å². The molecule has 6 rings (SSSR count). The highest BCUT2D eigenvalue weighted by atomic mass is 35.5. The van der Waals surface area contributed by atoms with E-state index >= 15 is 0 Å². The van der Waals surface area contributed by atoms with Crippen LogP contribution in [-0.4, -0.2) is 98.0 Å². The molecule has 3 atom stereocenters. The molecule has 49 heavy (non-hydrogen) atoms. The first-order valence-corrected chi connectivity index (χ1v) is 17.5. The Labute approximate surface area is 292 Å². The first kappa shape index (κ1) is 35.8. The van der Waals surface area contributed by atoms with Crippen LogP contribution < -0.4 is 20.7 Å². The van der Waals surface area contributed by atoms with Gasteiger partial charge in [-0.3, -0.25) is 23.9 Å². The molecule has 5 heterocycles. The SMILES string of the molecule is CC(C)C[C@H]1NC(=O)[C@H]([C@@H](C)O)NC(=O)c2ccc(c(Cl)c2)OCCCn2cc(nn2)CCN(C(=O)c2cc3sccc3[nH]2)CCNC1=O. The van der Waals surface area contributed by atoms with Crippen molar-refractivity contribution in [3.63, 3.8) is 0 Å². The lowest BCUT2D eigenvalue weighted by molar-refractivity contribution is -0.131. The van der Waals surface area contributed by atoms with E-state index in [2.05, 4.69) is 31.2 Å². The van der Waals surface area contributed by atoms with Crippen molar-refractivity contribution in [2.45, 2.75) is 64.8 Å². The highest BCUT2D eigenvalue weighted by Crippen LogP contribution is 2.26. The highest BCUT2D eigenvalue weighted by molar-refractivity contribution is 7.17. The number of amides is 4. The van der Waals surface area contributed by atoms with Gasteiger partial charge >= 0.3 is 0 Å². The smallest absolute Gasteiger partial charge is 0.270 e. The van der Waals surface area contributed by atoms with E-state index < -0.39 is 35.9 Å². The maximum Gasteiger partial charge on any atom is 0.270 e. The molecule has 4 aromatic rings. The number of rotatable bonds is 4. The van der Waals surface area contributed by atoms with E-state index in [0.717, 1.165) is 10.2 Å². The van der Waals surface area contributed by atoms with E-state index in [0.29, 0.717) is 56.1 Å². The van der Waals surface area contributed by atoms with Crippen LogP contribution in [-0.2, 0) is 22.6 Å². The molecule has 4 bridgehead atoms. The van der Waals surface area contributed by atoms with Crippen molar-refractivity contribution < 1.29 is 29.0 Å². The third-order valence-electron chi connectivity index (χ3n) is 8.04. The number of thiophene rings is 1. The molecule has 2 aliphatic heterocycles. The minimum absolute atomic E-state index is 0.0265. The maximum absolute atomic E-state index is 13.7. The minimum Gasteiger partial charge on any atom is -0.492 e. The average Bonchev–Trinajstić information content (AvgIpc) is 3.80. The Morgan fingerprint density at radius 3 is 2.65 bits per heavy atom. The number of nitrogens with zero attached hydrogens (tertiary/aromatic N) is 4. The molecule has 0 saturated heterocycles. The Morgan fingerprint density at radius 2 is 1.92 bits per heavy atom. The lowest BCUT2D eigenvalue weighted by Gasteiger charge is -2.26. The zero-order chi connectivity index (χ0) is 35.1. The van der Waals surface area contributed by atoms with Gasteiger partial charge < -0.3 is 35.7 Å². The van der Waals surface area contributed by atoms with Crippen molar-refractivity contribution in [1.29, 1.82) is 0 Å². The number of nitrogens with one attached hydrogen (secondary N) is 4. The predicted octanol–water partition coefficient (Wildman–Crippen LogP) is 2.77. The van der Waals surface area contributed by atoms with Crippen LogP contribution in [0.3, 0.4) is 0 Å². The molecular weight excluding hydrogens is 672 g/mol. The van der Waals surface area contributed by atoms with Crippen molar-refractivity contribution in [1.82, 2.24) is 40.8 Å². The van der Waals surface area contributed by atoms with Gasteiger partial charge in [-0.1, -0.05) is 30.7 Å². The normalized spacial score (nSPS) is 19.6. The molecule has 0 saturated carbocycles. The Balaban J connectivity index is 1.38. The number of aliphatic hydroxyl groups excluding tert-OH is 1. The number of aromatic amines is 1. The Hall–Kier alpha value is -4.47. The molecule has 4 amide bonds. The fraction of sp³-hybridized carbons (Fsp3) is 0.455. The molecule has 16 heteroatoms. The first-order chi connectivity index (χ1) is 23.5. The van der Waals surface area contributed by atoms with Crippen LogP contribution in [0.4, 0.5) is 0 Å². The lowest BCUT2D eigenvalue weighted by Crippen LogP contribution is -2.57. The van der Waals surface area contributed by atoms with Crippen molar-refractivity contribution in [3.05, 3.63) is 63.9 Å². The summed E-state index contributed by atoms with van der Waals surface area (Å²) in [5, 5.41) is 29.2. The summed E-state index contributed by atoms with van der Waals surface area (Å²) in [4.78, 5) is 58.4. The molecule has 1 aromatic carbocycles. The summed E-state index contributed by atoms with van der Waals surface area (Å²) < 4.78 is 8.50. The monoisotopic (exact) mass is 712 g/mol. The number of carbonyl (C=O) groups excluding carboxylic acids is 4. The number of hydrogen-bond donors (Lipinski definition) is 5. The molecule has 14 nitrogen and oxygen atoms in total. The Kier molecular flexibility index (Phi) is 11.9. The third kappa shape index (κ3) is 9.37. The molecule has 262 valence electrons. The van der Waals surface area contributed by atoms with Gasteiger partial charge in [0, 0.05) is 50.8 Å². The largest absolute Gasteiger partial charge is 0.492 e. The van der Waals surface area contributed by atoms with Crippen molar-refractivity contribution in [2.24, 2.45) is 5.92 Å². The van der Waals surface area contributed by atoms with Crippen LogP contribution in [0.5, 0.6) is 5.75 Å². The average molecular weight is 713 g/mol. The van der Waals surface area contributed by atoms with E-state index in [9.17, 15) is 24.3 Å².